The predicted molar refractivity (Wildman–Crippen MR) is 121 cm³/mol. The Morgan fingerprint density at radius 2 is 1.31 bits per heavy atom. The highest BCUT2D eigenvalue weighted by molar-refractivity contribution is 4.75. The fraction of sp³-hybridized carbons (Fsp3) is 1.00. The lowest BCUT2D eigenvalue weighted by atomic mass is 9.81. The topological polar surface area (TPSA) is 3.24 Å². The Kier molecular flexibility index (Phi) is 14.9. The molecule has 0 N–H and O–H groups in total. The zero-order valence-corrected chi connectivity index (χ0v) is 20.0. The Morgan fingerprint density at radius 3 is 1.81 bits per heavy atom. The van der Waals surface area contributed by atoms with Gasteiger partial charge in [-0.25, -0.2) is 0 Å². The van der Waals surface area contributed by atoms with Gasteiger partial charge in [0.15, 0.2) is 0 Å². The fourth-order valence-electron chi connectivity index (χ4n) is 4.27. The molecule has 0 bridgehead atoms. The van der Waals surface area contributed by atoms with E-state index in [0.29, 0.717) is 0 Å². The molecule has 0 aliphatic carbocycles. The average Bonchev–Trinajstić information content (AvgIpc) is 2.57. The molecule has 0 saturated carbocycles. The molecule has 1 nitrogen and oxygen atoms in total. The maximum Gasteiger partial charge on any atom is 0.00695 e. The highest BCUT2D eigenvalue weighted by Gasteiger charge is 2.22. The predicted octanol–water partition coefficient (Wildman–Crippen LogP) is 8.04. The molecule has 0 amide bonds. The van der Waals surface area contributed by atoms with Gasteiger partial charge in [-0.3, -0.25) is 0 Å². The average molecular weight is 368 g/mol. The highest BCUT2D eigenvalue weighted by Crippen LogP contribution is 2.29. The second-order valence-corrected chi connectivity index (χ2v) is 10.0. The molecule has 0 rings (SSSR count). The van der Waals surface area contributed by atoms with Crippen LogP contribution in [0.3, 0.4) is 0 Å². The van der Waals surface area contributed by atoms with Crippen LogP contribution in [-0.4, -0.2) is 24.0 Å². The third kappa shape index (κ3) is 12.4. The number of hydrogen-bond acceptors (Lipinski definition) is 1. The van der Waals surface area contributed by atoms with Crippen LogP contribution in [0.5, 0.6) is 0 Å². The van der Waals surface area contributed by atoms with Gasteiger partial charge in [-0.15, -0.1) is 0 Å². The van der Waals surface area contributed by atoms with E-state index in [1.807, 2.05) is 0 Å². The van der Waals surface area contributed by atoms with E-state index in [2.05, 4.69) is 67.2 Å². The molecule has 158 valence electrons. The van der Waals surface area contributed by atoms with Crippen LogP contribution in [-0.2, 0) is 0 Å². The Hall–Kier alpha value is -0.0400. The van der Waals surface area contributed by atoms with Gasteiger partial charge >= 0.3 is 0 Å². The van der Waals surface area contributed by atoms with Crippen LogP contribution >= 0.6 is 0 Å². The van der Waals surface area contributed by atoms with Crippen molar-refractivity contribution in [3.8, 4) is 0 Å². The first-order chi connectivity index (χ1) is 12.2. The van der Waals surface area contributed by atoms with Gasteiger partial charge in [0.2, 0.25) is 0 Å². The lowest BCUT2D eigenvalue weighted by molar-refractivity contribution is 0.156. The quantitative estimate of drug-likeness (QED) is 0.267. The third-order valence-electron chi connectivity index (χ3n) is 6.64. The first-order valence-electron chi connectivity index (χ1n) is 11.9. The van der Waals surface area contributed by atoms with Crippen LogP contribution in [0.25, 0.3) is 0 Å². The summed E-state index contributed by atoms with van der Waals surface area (Å²) in [5.74, 6) is 4.32. The van der Waals surface area contributed by atoms with Crippen molar-refractivity contribution in [1.82, 2.24) is 4.90 Å². The summed E-state index contributed by atoms with van der Waals surface area (Å²) >= 11 is 0. The van der Waals surface area contributed by atoms with Crippen molar-refractivity contribution < 1.29 is 0 Å². The summed E-state index contributed by atoms with van der Waals surface area (Å²) in [7, 11) is 0. The van der Waals surface area contributed by atoms with Crippen molar-refractivity contribution in [2.75, 3.05) is 13.1 Å². The summed E-state index contributed by atoms with van der Waals surface area (Å²) in [5, 5.41) is 0. The summed E-state index contributed by atoms with van der Waals surface area (Å²) in [6.45, 7) is 24.1. The summed E-state index contributed by atoms with van der Waals surface area (Å²) in [6.07, 6.45) is 11.1. The monoisotopic (exact) mass is 367 g/mol. The van der Waals surface area contributed by atoms with E-state index < -0.39 is 0 Å². The minimum Gasteiger partial charge on any atom is -0.301 e. The summed E-state index contributed by atoms with van der Waals surface area (Å²) in [6, 6.07) is 0.729. The van der Waals surface area contributed by atoms with Gasteiger partial charge in [0.1, 0.15) is 0 Å². The summed E-state index contributed by atoms with van der Waals surface area (Å²) < 4.78 is 0. The third-order valence-corrected chi connectivity index (χ3v) is 6.64. The largest absolute Gasteiger partial charge is 0.301 e. The van der Waals surface area contributed by atoms with Crippen LogP contribution in [0.15, 0.2) is 0 Å². The molecule has 0 aliphatic rings. The molecule has 26 heavy (non-hydrogen) atoms. The normalized spacial score (nSPS) is 17.1. The zero-order chi connectivity index (χ0) is 20.1. The molecule has 1 heteroatoms. The smallest absolute Gasteiger partial charge is 0.00695 e. The van der Waals surface area contributed by atoms with Crippen LogP contribution in [0.2, 0.25) is 0 Å². The molecule has 0 spiro atoms. The Morgan fingerprint density at radius 1 is 0.692 bits per heavy atom. The van der Waals surface area contributed by atoms with E-state index in [4.69, 9.17) is 0 Å². The van der Waals surface area contributed by atoms with Gasteiger partial charge in [-0.2, -0.15) is 0 Å². The molecule has 0 saturated heterocycles. The lowest BCUT2D eigenvalue weighted by Crippen LogP contribution is -2.36. The molecule has 0 aromatic rings. The molecule has 0 fully saturated rings. The molecule has 0 aliphatic heterocycles. The van der Waals surface area contributed by atoms with Crippen molar-refractivity contribution in [3.05, 3.63) is 0 Å². The molecule has 0 radical (unpaired) electrons. The molecule has 0 aromatic carbocycles. The molecule has 0 heterocycles. The van der Waals surface area contributed by atoms with Gasteiger partial charge in [0.05, 0.1) is 0 Å². The maximum atomic E-state index is 2.73. The van der Waals surface area contributed by atoms with Crippen LogP contribution in [0.4, 0.5) is 0 Å². The van der Waals surface area contributed by atoms with E-state index in [1.54, 1.807) is 0 Å². The second-order valence-electron chi connectivity index (χ2n) is 10.0. The standard InChI is InChI=1S/C25H53N/c1-10-22(7)15-12-16-23(8)18-25(21(5)6)19-24(9)26(11-2)17-13-14-20(3)4/h20-25H,10-19H2,1-9H3. The van der Waals surface area contributed by atoms with E-state index in [1.165, 1.54) is 64.5 Å². The minimum absolute atomic E-state index is 0.729. The summed E-state index contributed by atoms with van der Waals surface area (Å²) in [4.78, 5) is 2.73. The Labute approximate surface area is 167 Å². The van der Waals surface area contributed by atoms with Crippen LogP contribution in [0.1, 0.15) is 114 Å². The van der Waals surface area contributed by atoms with Crippen molar-refractivity contribution >= 4 is 0 Å². The molecule has 4 atom stereocenters. The minimum atomic E-state index is 0.729. The van der Waals surface area contributed by atoms with E-state index in [-0.39, 0.29) is 0 Å². The van der Waals surface area contributed by atoms with E-state index in [9.17, 15) is 0 Å². The molecular formula is C25H53N. The molecule has 0 aromatic heterocycles. The van der Waals surface area contributed by atoms with Gasteiger partial charge < -0.3 is 4.90 Å². The Balaban J connectivity index is 4.40. The van der Waals surface area contributed by atoms with Crippen molar-refractivity contribution in [1.29, 1.82) is 0 Å². The van der Waals surface area contributed by atoms with Crippen molar-refractivity contribution in [3.63, 3.8) is 0 Å². The SMILES string of the molecule is CCC(C)CCCC(C)CC(CC(C)N(CC)CCCC(C)C)C(C)C. The molecule has 4 unspecified atom stereocenters. The van der Waals surface area contributed by atoms with Gasteiger partial charge in [-0.05, 0) is 75.3 Å². The molecular weight excluding hydrogens is 314 g/mol. The Bertz CT molecular complexity index is 309. The fourth-order valence-corrected chi connectivity index (χ4v) is 4.27. The summed E-state index contributed by atoms with van der Waals surface area (Å²) in [5.41, 5.74) is 0. The number of nitrogens with zero attached hydrogens (tertiary/aromatic N) is 1. The van der Waals surface area contributed by atoms with E-state index >= 15 is 0 Å². The first kappa shape index (κ1) is 26.0. The lowest BCUT2D eigenvalue weighted by Gasteiger charge is -2.33. The number of rotatable bonds is 16. The zero-order valence-electron chi connectivity index (χ0n) is 20.0. The maximum absolute atomic E-state index is 2.73. The first-order valence-corrected chi connectivity index (χ1v) is 11.9. The highest BCUT2D eigenvalue weighted by atomic mass is 15.1. The van der Waals surface area contributed by atoms with Gasteiger partial charge in [-0.1, -0.05) is 81.1 Å². The van der Waals surface area contributed by atoms with Crippen LogP contribution < -0.4 is 0 Å². The van der Waals surface area contributed by atoms with Crippen molar-refractivity contribution in [2.24, 2.45) is 29.6 Å². The number of hydrogen-bond donors (Lipinski definition) is 0. The van der Waals surface area contributed by atoms with Crippen molar-refractivity contribution in [2.45, 2.75) is 120 Å². The van der Waals surface area contributed by atoms with Gasteiger partial charge in [0.25, 0.3) is 0 Å². The van der Waals surface area contributed by atoms with E-state index in [0.717, 1.165) is 35.6 Å². The second kappa shape index (κ2) is 14.9. The van der Waals surface area contributed by atoms with Crippen LogP contribution in [0, 0.1) is 29.6 Å². The van der Waals surface area contributed by atoms with Gasteiger partial charge in [0, 0.05) is 6.04 Å².